The monoisotopic (exact) mass is 278 g/mol. The number of hydrogen-bond donors (Lipinski definition) is 1. The van der Waals surface area contributed by atoms with Crippen molar-refractivity contribution in [2.75, 3.05) is 7.11 Å². The zero-order chi connectivity index (χ0) is 13.7. The van der Waals surface area contributed by atoms with Gasteiger partial charge in [-0.3, -0.25) is 0 Å². The molecule has 3 nitrogen and oxygen atoms in total. The Hall–Kier alpha value is -1.71. The second kappa shape index (κ2) is 6.45. The van der Waals surface area contributed by atoms with Crippen LogP contribution in [0.15, 0.2) is 42.5 Å². The summed E-state index contributed by atoms with van der Waals surface area (Å²) in [6.45, 7) is 0.258. The first-order valence-electron chi connectivity index (χ1n) is 5.88. The van der Waals surface area contributed by atoms with Crippen molar-refractivity contribution >= 4 is 11.6 Å². The lowest BCUT2D eigenvalue weighted by Gasteiger charge is -2.12. The largest absolute Gasteiger partial charge is 0.497 e. The third kappa shape index (κ3) is 3.40. The van der Waals surface area contributed by atoms with Gasteiger partial charge in [-0.1, -0.05) is 29.8 Å². The third-order valence-corrected chi connectivity index (χ3v) is 3.15. The molecule has 0 bridgehead atoms. The van der Waals surface area contributed by atoms with Gasteiger partial charge in [0.25, 0.3) is 0 Å². The molecule has 0 fully saturated rings. The standard InChI is InChI=1S/C15H15ClO3/c1-18-13-6-7-15(12(8-13)9-17)19-10-11-4-2-3-5-14(11)16/h2-8,17H,9-10H2,1H3. The molecule has 0 atom stereocenters. The lowest BCUT2D eigenvalue weighted by molar-refractivity contribution is 0.258. The second-order valence-corrected chi connectivity index (χ2v) is 4.42. The minimum Gasteiger partial charge on any atom is -0.497 e. The maximum Gasteiger partial charge on any atom is 0.125 e. The minimum absolute atomic E-state index is 0.102. The summed E-state index contributed by atoms with van der Waals surface area (Å²) in [5.74, 6) is 1.32. The van der Waals surface area contributed by atoms with Gasteiger partial charge in [-0.05, 0) is 24.3 Å². The number of hydrogen-bond acceptors (Lipinski definition) is 3. The van der Waals surface area contributed by atoms with Crippen LogP contribution in [0.1, 0.15) is 11.1 Å². The van der Waals surface area contributed by atoms with Crippen molar-refractivity contribution in [3.63, 3.8) is 0 Å². The average Bonchev–Trinajstić information content (AvgIpc) is 2.46. The van der Waals surface area contributed by atoms with Crippen molar-refractivity contribution in [1.82, 2.24) is 0 Å². The molecule has 0 radical (unpaired) electrons. The number of rotatable bonds is 5. The van der Waals surface area contributed by atoms with Crippen LogP contribution in [-0.4, -0.2) is 12.2 Å². The van der Waals surface area contributed by atoms with Crippen LogP contribution in [0, 0.1) is 0 Å². The summed E-state index contributed by atoms with van der Waals surface area (Å²) < 4.78 is 10.8. The summed E-state index contributed by atoms with van der Waals surface area (Å²) in [7, 11) is 1.58. The molecule has 0 amide bonds. The summed E-state index contributed by atoms with van der Waals surface area (Å²) >= 11 is 6.06. The third-order valence-electron chi connectivity index (χ3n) is 2.78. The van der Waals surface area contributed by atoms with Crippen LogP contribution in [0.3, 0.4) is 0 Å². The molecule has 2 aromatic carbocycles. The zero-order valence-corrected chi connectivity index (χ0v) is 11.4. The van der Waals surface area contributed by atoms with E-state index in [1.807, 2.05) is 24.3 Å². The highest BCUT2D eigenvalue weighted by molar-refractivity contribution is 6.31. The SMILES string of the molecule is COc1ccc(OCc2ccccc2Cl)c(CO)c1. The van der Waals surface area contributed by atoms with Gasteiger partial charge in [0.15, 0.2) is 0 Å². The van der Waals surface area contributed by atoms with Crippen LogP contribution < -0.4 is 9.47 Å². The Morgan fingerprint density at radius 2 is 1.89 bits per heavy atom. The Labute approximate surface area is 117 Å². The van der Waals surface area contributed by atoms with E-state index in [1.165, 1.54) is 0 Å². The van der Waals surface area contributed by atoms with Crippen molar-refractivity contribution in [2.45, 2.75) is 13.2 Å². The molecule has 0 saturated carbocycles. The van der Waals surface area contributed by atoms with Gasteiger partial charge in [-0.2, -0.15) is 0 Å². The number of ether oxygens (including phenoxy) is 2. The number of benzene rings is 2. The van der Waals surface area contributed by atoms with Crippen LogP contribution in [-0.2, 0) is 13.2 Å². The summed E-state index contributed by atoms with van der Waals surface area (Å²) in [6.07, 6.45) is 0. The highest BCUT2D eigenvalue weighted by atomic mass is 35.5. The van der Waals surface area contributed by atoms with Crippen molar-refractivity contribution in [3.05, 3.63) is 58.6 Å². The first-order valence-corrected chi connectivity index (χ1v) is 6.26. The van der Waals surface area contributed by atoms with Crippen LogP contribution in [0.25, 0.3) is 0 Å². The fourth-order valence-corrected chi connectivity index (χ4v) is 1.91. The van der Waals surface area contributed by atoms with Crippen molar-refractivity contribution in [1.29, 1.82) is 0 Å². The van der Waals surface area contributed by atoms with E-state index < -0.39 is 0 Å². The predicted octanol–water partition coefficient (Wildman–Crippen LogP) is 3.42. The summed E-state index contributed by atoms with van der Waals surface area (Å²) in [5.41, 5.74) is 1.59. The van der Waals surface area contributed by atoms with Crippen molar-refractivity contribution in [3.8, 4) is 11.5 Å². The fraction of sp³-hybridized carbons (Fsp3) is 0.200. The van der Waals surface area contributed by atoms with E-state index in [0.29, 0.717) is 28.7 Å². The molecular formula is C15H15ClO3. The molecule has 0 aromatic heterocycles. The van der Waals surface area contributed by atoms with E-state index in [-0.39, 0.29) is 6.61 Å². The maximum atomic E-state index is 9.33. The number of aliphatic hydroxyl groups excluding tert-OH is 1. The molecule has 0 heterocycles. The molecule has 2 aromatic rings. The molecule has 0 aliphatic rings. The van der Waals surface area contributed by atoms with Gasteiger partial charge in [0.2, 0.25) is 0 Å². The van der Waals surface area contributed by atoms with Crippen LogP contribution in [0.5, 0.6) is 11.5 Å². The average molecular weight is 279 g/mol. The topological polar surface area (TPSA) is 38.7 Å². The zero-order valence-electron chi connectivity index (χ0n) is 10.6. The first kappa shape index (κ1) is 13.7. The molecule has 0 spiro atoms. The Kier molecular flexibility index (Phi) is 4.66. The number of methoxy groups -OCH3 is 1. The Balaban J connectivity index is 2.13. The molecule has 100 valence electrons. The quantitative estimate of drug-likeness (QED) is 0.911. The number of aliphatic hydroxyl groups is 1. The van der Waals surface area contributed by atoms with Gasteiger partial charge in [-0.15, -0.1) is 0 Å². The van der Waals surface area contributed by atoms with Crippen molar-refractivity contribution < 1.29 is 14.6 Å². The predicted molar refractivity (Wildman–Crippen MR) is 74.7 cm³/mol. The molecule has 1 N–H and O–H groups in total. The summed E-state index contributed by atoms with van der Waals surface area (Å²) in [6, 6.07) is 12.8. The Morgan fingerprint density at radius 3 is 2.58 bits per heavy atom. The molecule has 0 aliphatic heterocycles. The van der Waals surface area contributed by atoms with Gasteiger partial charge < -0.3 is 14.6 Å². The first-order chi connectivity index (χ1) is 9.24. The van der Waals surface area contributed by atoms with Crippen LogP contribution >= 0.6 is 11.6 Å². The molecule has 0 aliphatic carbocycles. The lowest BCUT2D eigenvalue weighted by atomic mass is 10.2. The number of halogens is 1. The fourth-order valence-electron chi connectivity index (χ4n) is 1.72. The highest BCUT2D eigenvalue weighted by Crippen LogP contribution is 2.26. The molecule has 0 saturated heterocycles. The molecule has 2 rings (SSSR count). The van der Waals surface area contributed by atoms with Crippen LogP contribution in [0.4, 0.5) is 0 Å². The smallest absolute Gasteiger partial charge is 0.125 e. The van der Waals surface area contributed by atoms with Gasteiger partial charge in [0, 0.05) is 16.1 Å². The van der Waals surface area contributed by atoms with E-state index in [4.69, 9.17) is 21.1 Å². The van der Waals surface area contributed by atoms with E-state index >= 15 is 0 Å². The summed E-state index contributed by atoms with van der Waals surface area (Å²) in [5, 5.41) is 10.00. The van der Waals surface area contributed by atoms with Gasteiger partial charge in [0.1, 0.15) is 18.1 Å². The Bertz CT molecular complexity index is 555. The maximum absolute atomic E-state index is 9.33. The molecule has 19 heavy (non-hydrogen) atoms. The second-order valence-electron chi connectivity index (χ2n) is 4.01. The van der Waals surface area contributed by atoms with Gasteiger partial charge >= 0.3 is 0 Å². The highest BCUT2D eigenvalue weighted by Gasteiger charge is 2.06. The van der Waals surface area contributed by atoms with Gasteiger partial charge in [0.05, 0.1) is 13.7 Å². The van der Waals surface area contributed by atoms with Gasteiger partial charge in [-0.25, -0.2) is 0 Å². The molecular weight excluding hydrogens is 264 g/mol. The minimum atomic E-state index is -0.102. The Morgan fingerprint density at radius 1 is 1.11 bits per heavy atom. The lowest BCUT2D eigenvalue weighted by Crippen LogP contribution is -1.99. The molecule has 0 unspecified atom stereocenters. The van der Waals surface area contributed by atoms with E-state index in [2.05, 4.69) is 0 Å². The van der Waals surface area contributed by atoms with Crippen LogP contribution in [0.2, 0.25) is 5.02 Å². The normalized spacial score (nSPS) is 10.3. The van der Waals surface area contributed by atoms with E-state index in [9.17, 15) is 5.11 Å². The van der Waals surface area contributed by atoms with E-state index in [1.54, 1.807) is 25.3 Å². The molecule has 4 heteroatoms. The van der Waals surface area contributed by atoms with E-state index in [0.717, 1.165) is 5.56 Å². The van der Waals surface area contributed by atoms with Crippen molar-refractivity contribution in [2.24, 2.45) is 0 Å². The summed E-state index contributed by atoms with van der Waals surface area (Å²) in [4.78, 5) is 0.